The highest BCUT2D eigenvalue weighted by Gasteiger charge is 2.06. The van der Waals surface area contributed by atoms with Crippen LogP contribution in [0.1, 0.15) is 11.1 Å². The number of aryl methyl sites for hydroxylation is 1. The van der Waals surface area contributed by atoms with Gasteiger partial charge in [-0.2, -0.15) is 10.2 Å². The molecule has 2 N–H and O–H groups in total. The van der Waals surface area contributed by atoms with E-state index < -0.39 is 0 Å². The van der Waals surface area contributed by atoms with Gasteiger partial charge in [0.2, 0.25) is 5.95 Å². The molecule has 0 aliphatic carbocycles. The molecule has 0 amide bonds. The van der Waals surface area contributed by atoms with Crippen molar-refractivity contribution in [1.29, 1.82) is 5.26 Å². The quantitative estimate of drug-likeness (QED) is 0.860. The summed E-state index contributed by atoms with van der Waals surface area (Å²) in [5.74, 6) is 1.18. The third-order valence-electron chi connectivity index (χ3n) is 2.53. The first-order chi connectivity index (χ1) is 8.74. The zero-order valence-corrected chi connectivity index (χ0v) is 10.2. The number of nitrogens with zero attached hydrogens (tertiary/aromatic N) is 3. The Morgan fingerprint density at radius 1 is 1.28 bits per heavy atom. The van der Waals surface area contributed by atoms with Crippen LogP contribution in [0, 0.1) is 18.3 Å². The van der Waals surface area contributed by atoms with Crippen molar-refractivity contribution in [3.63, 3.8) is 0 Å². The second-order valence-electron chi connectivity index (χ2n) is 3.75. The molecule has 5 heteroatoms. The standard InChI is InChI=1S/C13H13N5/c1-9-4-3-5-11(10(9)8-14)17-12-6-7-16-13(15-2)18-12/h3-7H,1-2H3,(H2,15,16,17,18). The zero-order chi connectivity index (χ0) is 13.0. The van der Waals surface area contributed by atoms with Crippen molar-refractivity contribution >= 4 is 17.5 Å². The molecule has 0 bridgehead atoms. The minimum atomic E-state index is 0.533. The second kappa shape index (κ2) is 5.15. The van der Waals surface area contributed by atoms with Gasteiger partial charge >= 0.3 is 0 Å². The van der Waals surface area contributed by atoms with Crippen molar-refractivity contribution in [3.8, 4) is 6.07 Å². The van der Waals surface area contributed by atoms with Crippen LogP contribution < -0.4 is 10.6 Å². The van der Waals surface area contributed by atoms with Crippen LogP contribution in [0.15, 0.2) is 30.5 Å². The van der Waals surface area contributed by atoms with Crippen LogP contribution >= 0.6 is 0 Å². The minimum absolute atomic E-state index is 0.533. The van der Waals surface area contributed by atoms with Gasteiger partial charge in [0.15, 0.2) is 0 Å². The Balaban J connectivity index is 2.34. The van der Waals surface area contributed by atoms with E-state index in [9.17, 15) is 0 Å². The summed E-state index contributed by atoms with van der Waals surface area (Å²) >= 11 is 0. The molecule has 0 spiro atoms. The van der Waals surface area contributed by atoms with Crippen LogP contribution in [0.4, 0.5) is 17.5 Å². The largest absolute Gasteiger partial charge is 0.357 e. The third kappa shape index (κ3) is 2.38. The molecule has 1 aromatic carbocycles. The van der Waals surface area contributed by atoms with Gasteiger partial charge in [0.05, 0.1) is 11.3 Å². The van der Waals surface area contributed by atoms with E-state index in [0.29, 0.717) is 17.3 Å². The Morgan fingerprint density at radius 3 is 2.83 bits per heavy atom. The van der Waals surface area contributed by atoms with E-state index in [4.69, 9.17) is 5.26 Å². The molecule has 0 aliphatic rings. The maximum atomic E-state index is 9.14. The van der Waals surface area contributed by atoms with Crippen molar-refractivity contribution in [2.45, 2.75) is 6.92 Å². The highest BCUT2D eigenvalue weighted by Crippen LogP contribution is 2.22. The number of benzene rings is 1. The van der Waals surface area contributed by atoms with Crippen molar-refractivity contribution in [3.05, 3.63) is 41.6 Å². The van der Waals surface area contributed by atoms with E-state index in [-0.39, 0.29) is 0 Å². The monoisotopic (exact) mass is 239 g/mol. The number of anilines is 3. The fourth-order valence-corrected chi connectivity index (χ4v) is 1.61. The molecule has 0 radical (unpaired) electrons. The van der Waals surface area contributed by atoms with Gasteiger partial charge in [-0.25, -0.2) is 4.98 Å². The number of rotatable bonds is 3. The lowest BCUT2D eigenvalue weighted by Crippen LogP contribution is -2.01. The van der Waals surface area contributed by atoms with Crippen molar-refractivity contribution < 1.29 is 0 Å². The van der Waals surface area contributed by atoms with Gasteiger partial charge in [-0.1, -0.05) is 12.1 Å². The Labute approximate surface area is 106 Å². The number of hydrogen-bond acceptors (Lipinski definition) is 5. The first kappa shape index (κ1) is 11.9. The van der Waals surface area contributed by atoms with Crippen LogP contribution in [0.25, 0.3) is 0 Å². The lowest BCUT2D eigenvalue weighted by Gasteiger charge is -2.09. The van der Waals surface area contributed by atoms with E-state index >= 15 is 0 Å². The summed E-state index contributed by atoms with van der Waals surface area (Å²) in [7, 11) is 1.76. The smallest absolute Gasteiger partial charge is 0.224 e. The highest BCUT2D eigenvalue weighted by molar-refractivity contribution is 5.66. The highest BCUT2D eigenvalue weighted by atomic mass is 15.1. The second-order valence-corrected chi connectivity index (χ2v) is 3.75. The van der Waals surface area contributed by atoms with Crippen molar-refractivity contribution in [2.75, 3.05) is 17.7 Å². The topological polar surface area (TPSA) is 73.6 Å². The molecule has 2 rings (SSSR count). The Morgan fingerprint density at radius 2 is 2.11 bits per heavy atom. The SMILES string of the molecule is CNc1nccc(Nc2cccc(C)c2C#N)n1. The van der Waals surface area contributed by atoms with Gasteiger partial charge in [-0.3, -0.25) is 0 Å². The molecule has 0 saturated heterocycles. The number of nitrogens with one attached hydrogen (secondary N) is 2. The summed E-state index contributed by atoms with van der Waals surface area (Å²) in [6.07, 6.45) is 1.66. The summed E-state index contributed by atoms with van der Waals surface area (Å²) in [5.41, 5.74) is 2.31. The molecule has 1 heterocycles. The average molecular weight is 239 g/mol. The summed E-state index contributed by atoms with van der Waals surface area (Å²) in [4.78, 5) is 8.28. The number of nitriles is 1. The molecule has 0 saturated carbocycles. The predicted molar refractivity (Wildman–Crippen MR) is 70.8 cm³/mol. The predicted octanol–water partition coefficient (Wildman–Crippen LogP) is 2.44. The molecule has 5 nitrogen and oxygen atoms in total. The van der Waals surface area contributed by atoms with Gasteiger partial charge in [-0.15, -0.1) is 0 Å². The van der Waals surface area contributed by atoms with E-state index in [1.54, 1.807) is 19.3 Å². The first-order valence-electron chi connectivity index (χ1n) is 5.52. The molecule has 0 unspecified atom stereocenters. The van der Waals surface area contributed by atoms with Crippen molar-refractivity contribution in [2.24, 2.45) is 0 Å². The lowest BCUT2D eigenvalue weighted by molar-refractivity contribution is 1.15. The summed E-state index contributed by atoms with van der Waals surface area (Å²) < 4.78 is 0. The first-order valence-corrected chi connectivity index (χ1v) is 5.52. The summed E-state index contributed by atoms with van der Waals surface area (Å²) in [6, 6.07) is 9.61. The Bertz CT molecular complexity index is 601. The number of hydrogen-bond donors (Lipinski definition) is 2. The summed E-state index contributed by atoms with van der Waals surface area (Å²) in [5, 5.41) is 15.1. The molecule has 90 valence electrons. The maximum absolute atomic E-state index is 9.14. The fourth-order valence-electron chi connectivity index (χ4n) is 1.61. The van der Waals surface area contributed by atoms with Gasteiger partial charge in [0.1, 0.15) is 11.9 Å². The molecule has 18 heavy (non-hydrogen) atoms. The van der Waals surface area contributed by atoms with Gasteiger partial charge in [-0.05, 0) is 24.6 Å². The molecule has 0 fully saturated rings. The third-order valence-corrected chi connectivity index (χ3v) is 2.53. The van der Waals surface area contributed by atoms with Crippen LogP contribution in [0.3, 0.4) is 0 Å². The normalized spacial score (nSPS) is 9.61. The number of aromatic nitrogens is 2. The van der Waals surface area contributed by atoms with Crippen molar-refractivity contribution in [1.82, 2.24) is 9.97 Å². The molecule has 2 aromatic rings. The lowest BCUT2D eigenvalue weighted by atomic mass is 10.1. The van der Waals surface area contributed by atoms with E-state index in [1.165, 1.54) is 0 Å². The van der Waals surface area contributed by atoms with E-state index in [0.717, 1.165) is 11.3 Å². The van der Waals surface area contributed by atoms with Crippen LogP contribution in [0.5, 0.6) is 0 Å². The average Bonchev–Trinajstić information content (AvgIpc) is 2.39. The zero-order valence-electron chi connectivity index (χ0n) is 10.2. The van der Waals surface area contributed by atoms with Crippen LogP contribution in [0.2, 0.25) is 0 Å². The minimum Gasteiger partial charge on any atom is -0.357 e. The van der Waals surface area contributed by atoms with E-state index in [2.05, 4.69) is 26.7 Å². The van der Waals surface area contributed by atoms with Gasteiger partial charge in [0, 0.05) is 13.2 Å². The maximum Gasteiger partial charge on any atom is 0.224 e. The van der Waals surface area contributed by atoms with Gasteiger partial charge in [0.25, 0.3) is 0 Å². The van der Waals surface area contributed by atoms with Gasteiger partial charge < -0.3 is 10.6 Å². The molecule has 0 atom stereocenters. The fraction of sp³-hybridized carbons (Fsp3) is 0.154. The Kier molecular flexibility index (Phi) is 3.39. The Hall–Kier alpha value is -2.61. The summed E-state index contributed by atoms with van der Waals surface area (Å²) in [6.45, 7) is 1.91. The van der Waals surface area contributed by atoms with Crippen LogP contribution in [-0.4, -0.2) is 17.0 Å². The molecular formula is C13H13N5. The molecule has 0 aliphatic heterocycles. The molecule has 1 aromatic heterocycles. The van der Waals surface area contributed by atoms with Crippen LogP contribution in [-0.2, 0) is 0 Å². The molecular weight excluding hydrogens is 226 g/mol. The van der Waals surface area contributed by atoms with E-state index in [1.807, 2.05) is 25.1 Å².